The average molecular weight is 264 g/mol. The zero-order valence-electron chi connectivity index (χ0n) is 6.73. The molecule has 13 heavy (non-hydrogen) atoms. The number of aromatic nitrogens is 2. The van der Waals surface area contributed by atoms with E-state index in [9.17, 15) is 8.42 Å². The SMILES string of the molecule is CS(=O)(=O)c1cnn(CC#N)c1Br. The van der Waals surface area contributed by atoms with Crippen LogP contribution in [0.1, 0.15) is 0 Å². The van der Waals surface area contributed by atoms with Crippen LogP contribution in [0.15, 0.2) is 15.7 Å². The summed E-state index contributed by atoms with van der Waals surface area (Å²) in [5.74, 6) is 0. The fourth-order valence-corrected chi connectivity index (χ4v) is 2.63. The molecule has 1 aromatic rings. The van der Waals surface area contributed by atoms with Crippen molar-refractivity contribution in [1.29, 1.82) is 5.26 Å². The molecule has 0 aromatic carbocycles. The topological polar surface area (TPSA) is 75.8 Å². The number of sulfone groups is 1. The summed E-state index contributed by atoms with van der Waals surface area (Å²) in [5, 5.41) is 12.1. The van der Waals surface area contributed by atoms with Gasteiger partial charge in [-0.2, -0.15) is 10.4 Å². The van der Waals surface area contributed by atoms with Crippen LogP contribution in [0.3, 0.4) is 0 Å². The number of rotatable bonds is 2. The maximum Gasteiger partial charge on any atom is 0.179 e. The smallest absolute Gasteiger partial charge is 0.179 e. The van der Waals surface area contributed by atoms with Gasteiger partial charge in [0.05, 0.1) is 12.3 Å². The zero-order valence-corrected chi connectivity index (χ0v) is 9.13. The Balaban J connectivity index is 3.24. The van der Waals surface area contributed by atoms with E-state index in [1.54, 1.807) is 0 Å². The van der Waals surface area contributed by atoms with Gasteiger partial charge in [-0.05, 0) is 15.9 Å². The van der Waals surface area contributed by atoms with Crippen molar-refractivity contribution in [2.24, 2.45) is 0 Å². The highest BCUT2D eigenvalue weighted by atomic mass is 79.9. The molecule has 7 heteroatoms. The molecule has 0 spiro atoms. The lowest BCUT2D eigenvalue weighted by Gasteiger charge is -1.96. The molecule has 0 aliphatic rings. The summed E-state index contributed by atoms with van der Waals surface area (Å²) < 4.78 is 23.8. The summed E-state index contributed by atoms with van der Waals surface area (Å²) in [6.45, 7) is 0.0239. The van der Waals surface area contributed by atoms with E-state index < -0.39 is 9.84 Å². The van der Waals surface area contributed by atoms with Gasteiger partial charge in [-0.25, -0.2) is 13.1 Å². The molecule has 1 aromatic heterocycles. The Kier molecular flexibility index (Phi) is 2.73. The molecular weight excluding hydrogens is 258 g/mol. The third-order valence-corrected chi connectivity index (χ3v) is 3.56. The lowest BCUT2D eigenvalue weighted by molar-refractivity contribution is 0.600. The van der Waals surface area contributed by atoms with E-state index in [0.717, 1.165) is 6.26 Å². The molecule has 1 rings (SSSR count). The second kappa shape index (κ2) is 3.47. The highest BCUT2D eigenvalue weighted by Crippen LogP contribution is 2.20. The molecule has 0 bridgehead atoms. The van der Waals surface area contributed by atoms with E-state index in [4.69, 9.17) is 5.26 Å². The largest absolute Gasteiger partial charge is 0.243 e. The lowest BCUT2D eigenvalue weighted by Crippen LogP contribution is -2.00. The van der Waals surface area contributed by atoms with Gasteiger partial charge < -0.3 is 0 Å². The molecule has 0 amide bonds. The van der Waals surface area contributed by atoms with E-state index in [2.05, 4.69) is 21.0 Å². The Hall–Kier alpha value is -0.870. The van der Waals surface area contributed by atoms with Crippen molar-refractivity contribution in [1.82, 2.24) is 9.78 Å². The predicted molar refractivity (Wildman–Crippen MR) is 48.6 cm³/mol. The van der Waals surface area contributed by atoms with Crippen LogP contribution in [-0.4, -0.2) is 24.5 Å². The molecule has 0 aliphatic heterocycles. The zero-order chi connectivity index (χ0) is 10.1. The van der Waals surface area contributed by atoms with E-state index >= 15 is 0 Å². The second-order valence-electron chi connectivity index (χ2n) is 2.39. The molecule has 1 heterocycles. The molecule has 0 fully saturated rings. The summed E-state index contributed by atoms with van der Waals surface area (Å²) in [7, 11) is -3.27. The van der Waals surface area contributed by atoms with Crippen molar-refractivity contribution in [3.63, 3.8) is 0 Å². The molecule has 70 valence electrons. The summed E-state index contributed by atoms with van der Waals surface area (Å²) in [6.07, 6.45) is 2.31. The molecule has 5 nitrogen and oxygen atoms in total. The summed E-state index contributed by atoms with van der Waals surface area (Å²) in [5.41, 5.74) is 0. The van der Waals surface area contributed by atoms with Crippen molar-refractivity contribution in [2.45, 2.75) is 11.4 Å². The fourth-order valence-electron chi connectivity index (χ4n) is 0.779. The minimum atomic E-state index is -3.27. The van der Waals surface area contributed by atoms with Gasteiger partial charge in [0.15, 0.2) is 9.84 Å². The van der Waals surface area contributed by atoms with Crippen LogP contribution in [0.5, 0.6) is 0 Å². The Morgan fingerprint density at radius 1 is 1.77 bits per heavy atom. The van der Waals surface area contributed by atoms with E-state index in [1.807, 2.05) is 6.07 Å². The van der Waals surface area contributed by atoms with Gasteiger partial charge in [0.2, 0.25) is 0 Å². The first-order valence-electron chi connectivity index (χ1n) is 3.25. The Labute approximate surface area is 84.0 Å². The van der Waals surface area contributed by atoms with Crippen LogP contribution in [-0.2, 0) is 16.4 Å². The molecule has 0 N–H and O–H groups in total. The standard InChI is InChI=1S/C6H6BrN3O2S/c1-13(11,12)5-4-9-10(3-2-8)6(5)7/h4H,3H2,1H3. The van der Waals surface area contributed by atoms with Crippen molar-refractivity contribution in [3.8, 4) is 6.07 Å². The number of nitrogens with zero attached hydrogens (tertiary/aromatic N) is 3. The van der Waals surface area contributed by atoms with Gasteiger partial charge in [-0.15, -0.1) is 0 Å². The van der Waals surface area contributed by atoms with E-state index in [1.165, 1.54) is 10.9 Å². The number of hydrogen-bond donors (Lipinski definition) is 0. The number of halogens is 1. The molecule has 0 saturated carbocycles. The molecule has 0 radical (unpaired) electrons. The van der Waals surface area contributed by atoms with Crippen LogP contribution in [0, 0.1) is 11.3 Å². The minimum Gasteiger partial charge on any atom is -0.243 e. The number of hydrogen-bond acceptors (Lipinski definition) is 4. The van der Waals surface area contributed by atoms with Crippen molar-refractivity contribution in [2.75, 3.05) is 6.26 Å². The Morgan fingerprint density at radius 2 is 2.38 bits per heavy atom. The monoisotopic (exact) mass is 263 g/mol. The summed E-state index contributed by atoms with van der Waals surface area (Å²) in [6, 6.07) is 1.87. The van der Waals surface area contributed by atoms with Crippen LogP contribution < -0.4 is 0 Å². The van der Waals surface area contributed by atoms with Crippen molar-refractivity contribution in [3.05, 3.63) is 10.8 Å². The van der Waals surface area contributed by atoms with Gasteiger partial charge in [0.1, 0.15) is 16.0 Å². The Morgan fingerprint density at radius 3 is 2.77 bits per heavy atom. The third-order valence-electron chi connectivity index (χ3n) is 1.36. The first-order chi connectivity index (χ1) is 5.96. The van der Waals surface area contributed by atoms with Crippen LogP contribution in [0.25, 0.3) is 0 Å². The van der Waals surface area contributed by atoms with Gasteiger partial charge in [-0.1, -0.05) is 0 Å². The van der Waals surface area contributed by atoms with E-state index in [-0.39, 0.29) is 11.4 Å². The van der Waals surface area contributed by atoms with Gasteiger partial charge in [0.25, 0.3) is 0 Å². The molecule has 0 unspecified atom stereocenters. The van der Waals surface area contributed by atoms with Crippen LogP contribution in [0.4, 0.5) is 0 Å². The fraction of sp³-hybridized carbons (Fsp3) is 0.333. The van der Waals surface area contributed by atoms with Gasteiger partial charge in [0, 0.05) is 6.26 Å². The summed E-state index contributed by atoms with van der Waals surface area (Å²) >= 11 is 3.06. The second-order valence-corrected chi connectivity index (χ2v) is 5.12. The van der Waals surface area contributed by atoms with Crippen molar-refractivity contribution >= 4 is 25.8 Å². The average Bonchev–Trinajstić information content (AvgIpc) is 2.32. The quantitative estimate of drug-likeness (QED) is 0.782. The number of nitriles is 1. The first-order valence-corrected chi connectivity index (χ1v) is 5.93. The van der Waals surface area contributed by atoms with E-state index in [0.29, 0.717) is 4.60 Å². The molecule has 0 aliphatic carbocycles. The molecule has 0 atom stereocenters. The first kappa shape index (κ1) is 10.2. The maximum absolute atomic E-state index is 11.1. The van der Waals surface area contributed by atoms with Gasteiger partial charge >= 0.3 is 0 Å². The molecular formula is C6H6BrN3O2S. The summed E-state index contributed by atoms with van der Waals surface area (Å²) in [4.78, 5) is 0.0998. The van der Waals surface area contributed by atoms with Crippen LogP contribution in [0.2, 0.25) is 0 Å². The van der Waals surface area contributed by atoms with Crippen molar-refractivity contribution < 1.29 is 8.42 Å². The normalized spacial score (nSPS) is 11.2. The third kappa shape index (κ3) is 2.08. The Bertz CT molecular complexity index is 457. The lowest BCUT2D eigenvalue weighted by atomic mass is 10.7. The minimum absolute atomic E-state index is 0.0239. The highest BCUT2D eigenvalue weighted by Gasteiger charge is 2.16. The highest BCUT2D eigenvalue weighted by molar-refractivity contribution is 9.10. The van der Waals surface area contributed by atoms with Crippen LogP contribution >= 0.6 is 15.9 Å². The van der Waals surface area contributed by atoms with Gasteiger partial charge in [-0.3, -0.25) is 0 Å². The maximum atomic E-state index is 11.1. The predicted octanol–water partition coefficient (Wildman–Crippen LogP) is 0.573. The molecule has 0 saturated heterocycles.